The molecular formula is C25H26O8S. The standard InChI is InChI=1S/C25H26O8S/c1-14-6-9-18(10-7-14)34(30,31)33-24-19(11-8-16-4-3-5-17(16)12-21(26)27)23(28)15(2)20-13-32-25(29)22(20)24/h6-10,17,28H,3-5,11-13H2,1-2H3,(H,26,27)/b16-8+. The molecule has 2 aromatic carbocycles. The quantitative estimate of drug-likeness (QED) is 0.339. The lowest BCUT2D eigenvalue weighted by molar-refractivity contribution is -0.137. The number of allylic oxidation sites excluding steroid dienone is 2. The summed E-state index contributed by atoms with van der Waals surface area (Å²) in [6, 6.07) is 6.09. The number of fused-ring (bicyclic) bond motifs is 1. The molecule has 0 saturated heterocycles. The second kappa shape index (κ2) is 9.13. The van der Waals surface area contributed by atoms with Crippen LogP contribution in [-0.2, 0) is 32.7 Å². The molecule has 9 heteroatoms. The van der Waals surface area contributed by atoms with Crippen molar-refractivity contribution in [1.82, 2.24) is 0 Å². The Kier molecular flexibility index (Phi) is 6.40. The number of esters is 1. The van der Waals surface area contributed by atoms with E-state index in [4.69, 9.17) is 8.92 Å². The van der Waals surface area contributed by atoms with E-state index < -0.39 is 22.1 Å². The second-order valence-electron chi connectivity index (χ2n) is 8.73. The number of hydrogen-bond donors (Lipinski definition) is 2. The predicted molar refractivity (Wildman–Crippen MR) is 122 cm³/mol. The summed E-state index contributed by atoms with van der Waals surface area (Å²) in [4.78, 5) is 23.7. The van der Waals surface area contributed by atoms with Crippen LogP contribution in [-0.4, -0.2) is 30.6 Å². The van der Waals surface area contributed by atoms with Crippen LogP contribution in [0.1, 0.15) is 58.3 Å². The molecule has 1 aliphatic heterocycles. The molecule has 1 fully saturated rings. The summed E-state index contributed by atoms with van der Waals surface area (Å²) in [5.41, 5.74) is 2.76. The van der Waals surface area contributed by atoms with Crippen LogP contribution in [0.4, 0.5) is 0 Å². The van der Waals surface area contributed by atoms with Crippen molar-refractivity contribution >= 4 is 22.1 Å². The van der Waals surface area contributed by atoms with Gasteiger partial charge in [-0.05, 0) is 63.1 Å². The van der Waals surface area contributed by atoms with Crippen molar-refractivity contribution in [2.45, 2.75) is 57.5 Å². The molecule has 34 heavy (non-hydrogen) atoms. The fourth-order valence-corrected chi connectivity index (χ4v) is 5.56. The van der Waals surface area contributed by atoms with Gasteiger partial charge < -0.3 is 19.1 Å². The molecule has 2 aromatic rings. The lowest BCUT2D eigenvalue weighted by Gasteiger charge is -2.17. The SMILES string of the molecule is Cc1ccc(S(=O)(=O)Oc2c(C/C=C3\CCCC3CC(=O)O)c(O)c(C)c3c2C(=O)OC3)cc1. The fraction of sp³-hybridized carbons (Fsp3) is 0.360. The van der Waals surface area contributed by atoms with Crippen LogP contribution in [0.5, 0.6) is 11.5 Å². The minimum absolute atomic E-state index is 0.00658. The van der Waals surface area contributed by atoms with Gasteiger partial charge in [0, 0.05) is 11.1 Å². The van der Waals surface area contributed by atoms with E-state index >= 15 is 0 Å². The average Bonchev–Trinajstić information content (AvgIpc) is 3.37. The van der Waals surface area contributed by atoms with Gasteiger partial charge in [-0.15, -0.1) is 0 Å². The second-order valence-corrected chi connectivity index (χ2v) is 10.3. The summed E-state index contributed by atoms with van der Waals surface area (Å²) >= 11 is 0. The lowest BCUT2D eigenvalue weighted by atomic mass is 9.93. The van der Waals surface area contributed by atoms with Gasteiger partial charge in [0.1, 0.15) is 22.8 Å². The highest BCUT2D eigenvalue weighted by Crippen LogP contribution is 2.44. The third-order valence-electron chi connectivity index (χ3n) is 6.48. The van der Waals surface area contributed by atoms with Gasteiger partial charge >= 0.3 is 22.1 Å². The number of cyclic esters (lactones) is 1. The van der Waals surface area contributed by atoms with Gasteiger partial charge in [-0.1, -0.05) is 29.3 Å². The maximum Gasteiger partial charge on any atom is 0.342 e. The van der Waals surface area contributed by atoms with E-state index in [1.54, 1.807) is 19.1 Å². The summed E-state index contributed by atoms with van der Waals surface area (Å²) in [7, 11) is -4.31. The van der Waals surface area contributed by atoms with Gasteiger partial charge in [0.25, 0.3) is 0 Å². The Morgan fingerprint density at radius 1 is 1.24 bits per heavy atom. The molecule has 2 aliphatic rings. The molecule has 1 saturated carbocycles. The van der Waals surface area contributed by atoms with E-state index in [2.05, 4.69) is 0 Å². The van der Waals surface area contributed by atoms with E-state index in [-0.39, 0.29) is 52.9 Å². The summed E-state index contributed by atoms with van der Waals surface area (Å²) in [5, 5.41) is 20.1. The number of hydrogen-bond acceptors (Lipinski definition) is 7. The summed E-state index contributed by atoms with van der Waals surface area (Å²) in [5.74, 6) is -2.13. The zero-order chi connectivity index (χ0) is 24.6. The van der Waals surface area contributed by atoms with E-state index in [1.807, 2.05) is 13.0 Å². The summed E-state index contributed by atoms with van der Waals surface area (Å²) in [6.45, 7) is 3.37. The smallest absolute Gasteiger partial charge is 0.342 e. The molecule has 1 heterocycles. The maximum absolute atomic E-state index is 13.1. The lowest BCUT2D eigenvalue weighted by Crippen LogP contribution is -2.14. The summed E-state index contributed by atoms with van der Waals surface area (Å²) in [6.07, 6.45) is 4.24. The van der Waals surface area contributed by atoms with E-state index in [1.165, 1.54) is 12.1 Å². The maximum atomic E-state index is 13.1. The van der Waals surface area contributed by atoms with Crippen LogP contribution >= 0.6 is 0 Å². The first kappa shape index (κ1) is 23.8. The Labute approximate surface area is 198 Å². The molecule has 0 aromatic heterocycles. The Morgan fingerprint density at radius 3 is 2.62 bits per heavy atom. The van der Waals surface area contributed by atoms with E-state index in [9.17, 15) is 28.2 Å². The highest BCUT2D eigenvalue weighted by atomic mass is 32.2. The first-order chi connectivity index (χ1) is 16.1. The molecule has 180 valence electrons. The number of carbonyl (C=O) groups excluding carboxylic acids is 1. The number of phenols is 1. The zero-order valence-corrected chi connectivity index (χ0v) is 19.8. The molecule has 0 bridgehead atoms. The first-order valence-electron chi connectivity index (χ1n) is 11.0. The largest absolute Gasteiger partial charge is 0.507 e. The topological polar surface area (TPSA) is 127 Å². The Balaban J connectivity index is 1.79. The number of ether oxygens (including phenoxy) is 1. The van der Waals surface area contributed by atoms with Crippen molar-refractivity contribution in [3.63, 3.8) is 0 Å². The van der Waals surface area contributed by atoms with Crippen molar-refractivity contribution in [2.24, 2.45) is 5.92 Å². The Morgan fingerprint density at radius 2 is 1.94 bits per heavy atom. The minimum Gasteiger partial charge on any atom is -0.507 e. The Bertz CT molecular complexity index is 1290. The molecule has 1 unspecified atom stereocenters. The number of rotatable bonds is 7. The normalized spacial score (nSPS) is 18.7. The molecule has 0 amide bonds. The molecular weight excluding hydrogens is 460 g/mol. The van der Waals surface area contributed by atoms with Crippen LogP contribution < -0.4 is 4.18 Å². The van der Waals surface area contributed by atoms with Crippen molar-refractivity contribution in [1.29, 1.82) is 0 Å². The Hall–Kier alpha value is -3.33. The van der Waals surface area contributed by atoms with Crippen molar-refractivity contribution in [2.75, 3.05) is 0 Å². The molecule has 0 spiro atoms. The molecule has 2 N–H and O–H groups in total. The van der Waals surface area contributed by atoms with Gasteiger partial charge in [-0.25, -0.2) is 4.79 Å². The van der Waals surface area contributed by atoms with Crippen LogP contribution in [0.25, 0.3) is 0 Å². The molecule has 4 rings (SSSR count). The minimum atomic E-state index is -4.31. The van der Waals surface area contributed by atoms with Crippen molar-refractivity contribution in [3.8, 4) is 11.5 Å². The van der Waals surface area contributed by atoms with Gasteiger partial charge in [-0.3, -0.25) is 4.79 Å². The molecule has 1 atom stereocenters. The van der Waals surface area contributed by atoms with Gasteiger partial charge in [0.05, 0.1) is 6.42 Å². The number of aryl methyl sites for hydroxylation is 1. The number of carboxylic acid groups (broad SMARTS) is 1. The van der Waals surface area contributed by atoms with Crippen LogP contribution in [0.3, 0.4) is 0 Å². The highest BCUT2D eigenvalue weighted by molar-refractivity contribution is 7.87. The summed E-state index contributed by atoms with van der Waals surface area (Å²) < 4.78 is 36.8. The number of benzene rings is 2. The van der Waals surface area contributed by atoms with E-state index in [0.717, 1.165) is 30.4 Å². The molecule has 0 radical (unpaired) electrons. The third-order valence-corrected chi connectivity index (χ3v) is 7.72. The van der Waals surface area contributed by atoms with Crippen LogP contribution in [0.2, 0.25) is 0 Å². The monoisotopic (exact) mass is 486 g/mol. The number of aliphatic carboxylic acids is 1. The van der Waals surface area contributed by atoms with Gasteiger partial charge in [-0.2, -0.15) is 8.42 Å². The average molecular weight is 487 g/mol. The van der Waals surface area contributed by atoms with Crippen molar-refractivity contribution < 1.29 is 37.1 Å². The van der Waals surface area contributed by atoms with Gasteiger partial charge in [0.15, 0.2) is 5.75 Å². The number of carboxylic acids is 1. The predicted octanol–water partition coefficient (Wildman–Crippen LogP) is 4.19. The molecule has 8 nitrogen and oxygen atoms in total. The number of aromatic hydroxyl groups is 1. The first-order valence-corrected chi connectivity index (χ1v) is 12.5. The number of phenolic OH excluding ortho intramolecular Hbond substituents is 1. The third kappa shape index (κ3) is 4.52. The number of carbonyl (C=O) groups is 2. The molecule has 1 aliphatic carbocycles. The van der Waals surface area contributed by atoms with Gasteiger partial charge in [0.2, 0.25) is 0 Å². The van der Waals surface area contributed by atoms with Crippen LogP contribution in [0.15, 0.2) is 40.8 Å². The van der Waals surface area contributed by atoms with Crippen LogP contribution in [0, 0.1) is 19.8 Å². The zero-order valence-electron chi connectivity index (χ0n) is 19.0. The fourth-order valence-electron chi connectivity index (χ4n) is 4.59. The highest BCUT2D eigenvalue weighted by Gasteiger charge is 2.35. The van der Waals surface area contributed by atoms with Crippen molar-refractivity contribution in [3.05, 3.63) is 63.7 Å². The van der Waals surface area contributed by atoms with E-state index in [0.29, 0.717) is 11.1 Å².